The molecule has 2 saturated carbocycles. The molecule has 2 aliphatic rings. The Morgan fingerprint density at radius 2 is 2.05 bits per heavy atom. The maximum absolute atomic E-state index is 6.14. The van der Waals surface area contributed by atoms with Crippen molar-refractivity contribution < 1.29 is 0 Å². The minimum Gasteiger partial charge on any atom is -0.359 e. The molecule has 0 aliphatic heterocycles. The lowest BCUT2D eigenvalue weighted by Gasteiger charge is -2.24. The van der Waals surface area contributed by atoms with E-state index in [9.17, 15) is 0 Å². The first kappa shape index (κ1) is 13.5. The summed E-state index contributed by atoms with van der Waals surface area (Å²) in [6.45, 7) is 0. The Morgan fingerprint density at radius 1 is 1.21 bits per heavy atom. The molecule has 2 N–H and O–H groups in total. The molecule has 2 fully saturated rings. The molecule has 19 heavy (non-hydrogen) atoms. The molecule has 2 nitrogen and oxygen atoms in total. The van der Waals surface area contributed by atoms with Crippen molar-refractivity contribution in [1.29, 1.82) is 0 Å². The van der Waals surface area contributed by atoms with Gasteiger partial charge in [-0.3, -0.25) is 0 Å². The maximum atomic E-state index is 6.14. The van der Waals surface area contributed by atoms with Gasteiger partial charge in [0, 0.05) is 6.04 Å². The molecule has 0 amide bonds. The molecular weight excluding hydrogens is 299 g/mol. The Kier molecular flexibility index (Phi) is 3.88. The lowest BCUT2D eigenvalue weighted by Crippen LogP contribution is -2.40. The average molecular weight is 315 g/mol. The van der Waals surface area contributed by atoms with Crippen LogP contribution in [0.15, 0.2) is 18.2 Å². The minimum absolute atomic E-state index is 0.515. The summed E-state index contributed by atoms with van der Waals surface area (Å²) in [6.07, 6.45) is 5.33. The molecule has 2 aliphatic carbocycles. The van der Waals surface area contributed by atoms with Crippen molar-refractivity contribution in [2.75, 3.05) is 5.32 Å². The van der Waals surface area contributed by atoms with Crippen LogP contribution in [0.2, 0.25) is 10.0 Å². The van der Waals surface area contributed by atoms with Crippen molar-refractivity contribution in [3.05, 3.63) is 28.2 Å². The first-order chi connectivity index (χ1) is 9.13. The van der Waals surface area contributed by atoms with Gasteiger partial charge >= 0.3 is 0 Å². The quantitative estimate of drug-likeness (QED) is 0.788. The Hall–Kier alpha value is -0.510. The lowest BCUT2D eigenvalue weighted by molar-refractivity contribution is 0.392. The van der Waals surface area contributed by atoms with Gasteiger partial charge in [0.05, 0.1) is 15.7 Å². The van der Waals surface area contributed by atoms with Gasteiger partial charge in [-0.15, -0.1) is 0 Å². The topological polar surface area (TPSA) is 24.1 Å². The Bertz CT molecular complexity index is 506. The fourth-order valence-electron chi connectivity index (χ4n) is 3.35. The first-order valence-corrected chi connectivity index (χ1v) is 7.81. The number of nitrogens with one attached hydrogen (secondary N) is 2. The Balaban J connectivity index is 1.61. The van der Waals surface area contributed by atoms with E-state index in [1.54, 1.807) is 6.07 Å². The van der Waals surface area contributed by atoms with E-state index in [1.807, 2.05) is 12.1 Å². The van der Waals surface area contributed by atoms with Crippen LogP contribution in [0.4, 0.5) is 5.69 Å². The third-order valence-corrected chi connectivity index (χ3v) is 5.29. The molecule has 0 spiro atoms. The summed E-state index contributed by atoms with van der Waals surface area (Å²) in [5.74, 6) is 1.69. The Morgan fingerprint density at radius 3 is 2.74 bits per heavy atom. The SMILES string of the molecule is S=C(Nc1cccc(Cl)c1Cl)N[C@H]1C[C@H]2CC[C@@H]1C2. The van der Waals surface area contributed by atoms with Crippen molar-refractivity contribution >= 4 is 46.2 Å². The Labute approximate surface area is 128 Å². The molecule has 1 aromatic carbocycles. The van der Waals surface area contributed by atoms with Gasteiger partial charge in [-0.2, -0.15) is 0 Å². The molecule has 0 saturated heterocycles. The van der Waals surface area contributed by atoms with E-state index in [1.165, 1.54) is 25.7 Å². The summed E-state index contributed by atoms with van der Waals surface area (Å²) in [6, 6.07) is 6.03. The zero-order valence-electron chi connectivity index (χ0n) is 10.5. The lowest BCUT2D eigenvalue weighted by atomic mass is 9.96. The number of hydrogen-bond acceptors (Lipinski definition) is 1. The maximum Gasteiger partial charge on any atom is 0.171 e. The number of anilines is 1. The second-order valence-corrected chi connectivity index (χ2v) is 6.67. The van der Waals surface area contributed by atoms with Gasteiger partial charge in [-0.05, 0) is 55.4 Å². The van der Waals surface area contributed by atoms with E-state index in [4.69, 9.17) is 35.4 Å². The van der Waals surface area contributed by atoms with E-state index in [0.29, 0.717) is 21.2 Å². The van der Waals surface area contributed by atoms with E-state index in [2.05, 4.69) is 10.6 Å². The molecule has 3 rings (SSSR count). The second kappa shape index (κ2) is 5.47. The van der Waals surface area contributed by atoms with Crippen molar-refractivity contribution in [3.63, 3.8) is 0 Å². The molecule has 0 heterocycles. The van der Waals surface area contributed by atoms with Crippen LogP contribution in [-0.4, -0.2) is 11.2 Å². The highest BCUT2D eigenvalue weighted by atomic mass is 35.5. The zero-order chi connectivity index (χ0) is 13.4. The molecule has 102 valence electrons. The van der Waals surface area contributed by atoms with Crippen LogP contribution in [0, 0.1) is 11.8 Å². The summed E-state index contributed by atoms with van der Waals surface area (Å²) in [4.78, 5) is 0. The third kappa shape index (κ3) is 2.83. The highest BCUT2D eigenvalue weighted by molar-refractivity contribution is 7.80. The van der Waals surface area contributed by atoms with Crippen molar-refractivity contribution in [1.82, 2.24) is 5.32 Å². The highest BCUT2D eigenvalue weighted by Gasteiger charge is 2.39. The minimum atomic E-state index is 0.515. The predicted octanol–water partition coefficient (Wildman–Crippen LogP) is 4.47. The van der Waals surface area contributed by atoms with Crippen LogP contribution < -0.4 is 10.6 Å². The van der Waals surface area contributed by atoms with Crippen LogP contribution >= 0.6 is 35.4 Å². The van der Waals surface area contributed by atoms with Crippen LogP contribution in [-0.2, 0) is 0 Å². The standard InChI is InChI=1S/C14H16Cl2N2S/c15-10-2-1-3-11(13(10)16)17-14(19)18-12-7-8-4-5-9(12)6-8/h1-3,8-9,12H,4-7H2,(H2,17,18,19)/t8-,9+,12-/m0/s1. The van der Waals surface area contributed by atoms with Gasteiger partial charge in [0.2, 0.25) is 0 Å². The van der Waals surface area contributed by atoms with E-state index < -0.39 is 0 Å². The molecule has 2 bridgehead atoms. The van der Waals surface area contributed by atoms with Crippen molar-refractivity contribution in [3.8, 4) is 0 Å². The monoisotopic (exact) mass is 314 g/mol. The van der Waals surface area contributed by atoms with Gasteiger partial charge in [0.15, 0.2) is 5.11 Å². The third-order valence-electron chi connectivity index (χ3n) is 4.25. The van der Waals surface area contributed by atoms with E-state index >= 15 is 0 Å². The molecule has 0 unspecified atom stereocenters. The summed E-state index contributed by atoms with van der Waals surface area (Å²) < 4.78 is 0. The van der Waals surface area contributed by atoms with Gasteiger partial charge < -0.3 is 10.6 Å². The number of thiocarbonyl (C=S) groups is 1. The molecule has 1 aromatic rings. The average Bonchev–Trinajstić information content (AvgIpc) is 2.97. The summed E-state index contributed by atoms with van der Waals surface area (Å²) >= 11 is 17.5. The van der Waals surface area contributed by atoms with Gasteiger partial charge in [0.25, 0.3) is 0 Å². The number of halogens is 2. The molecule has 5 heteroatoms. The molecular formula is C14H16Cl2N2S. The predicted molar refractivity (Wildman–Crippen MR) is 85.1 cm³/mol. The zero-order valence-corrected chi connectivity index (χ0v) is 12.8. The largest absolute Gasteiger partial charge is 0.359 e. The summed E-state index contributed by atoms with van der Waals surface area (Å²) in [5.41, 5.74) is 0.759. The second-order valence-electron chi connectivity index (χ2n) is 5.48. The number of rotatable bonds is 2. The molecule has 3 atom stereocenters. The van der Waals surface area contributed by atoms with Crippen LogP contribution in [0.25, 0.3) is 0 Å². The first-order valence-electron chi connectivity index (χ1n) is 6.65. The normalized spacial score (nSPS) is 28.4. The summed E-state index contributed by atoms with van der Waals surface area (Å²) in [7, 11) is 0. The fourth-order valence-corrected chi connectivity index (χ4v) is 3.96. The van der Waals surface area contributed by atoms with Crippen LogP contribution in [0.3, 0.4) is 0 Å². The number of hydrogen-bond donors (Lipinski definition) is 2. The van der Waals surface area contributed by atoms with Crippen LogP contribution in [0.5, 0.6) is 0 Å². The van der Waals surface area contributed by atoms with Crippen molar-refractivity contribution in [2.45, 2.75) is 31.7 Å². The smallest absolute Gasteiger partial charge is 0.171 e. The van der Waals surface area contributed by atoms with E-state index in [-0.39, 0.29) is 0 Å². The molecule has 0 radical (unpaired) electrons. The number of fused-ring (bicyclic) bond motifs is 2. The highest BCUT2D eigenvalue weighted by Crippen LogP contribution is 2.44. The van der Waals surface area contributed by atoms with Crippen LogP contribution in [0.1, 0.15) is 25.7 Å². The van der Waals surface area contributed by atoms with Crippen molar-refractivity contribution in [2.24, 2.45) is 11.8 Å². The molecule has 0 aromatic heterocycles. The van der Waals surface area contributed by atoms with Gasteiger partial charge in [-0.25, -0.2) is 0 Å². The van der Waals surface area contributed by atoms with Gasteiger partial charge in [-0.1, -0.05) is 35.7 Å². The number of benzene rings is 1. The van der Waals surface area contributed by atoms with Gasteiger partial charge in [0.1, 0.15) is 0 Å². The van der Waals surface area contributed by atoms with E-state index in [0.717, 1.165) is 17.5 Å². The fraction of sp³-hybridized carbons (Fsp3) is 0.500. The summed E-state index contributed by atoms with van der Waals surface area (Å²) in [5, 5.41) is 8.26.